The Bertz CT molecular complexity index is 280. The second-order valence-electron chi connectivity index (χ2n) is 3.93. The summed E-state index contributed by atoms with van der Waals surface area (Å²) in [6.07, 6.45) is 1.26. The van der Waals surface area contributed by atoms with E-state index in [1.165, 1.54) is 0 Å². The van der Waals surface area contributed by atoms with Crippen LogP contribution in [0.2, 0.25) is 0 Å². The van der Waals surface area contributed by atoms with Gasteiger partial charge in [-0.3, -0.25) is 0 Å². The van der Waals surface area contributed by atoms with E-state index in [9.17, 15) is 4.79 Å². The first-order chi connectivity index (χ1) is 6.43. The zero-order chi connectivity index (χ0) is 10.8. The highest BCUT2D eigenvalue weighted by Crippen LogP contribution is 2.30. The number of hydrogen-bond donors (Lipinski definition) is 0. The normalized spacial score (nSPS) is 26.6. The van der Waals surface area contributed by atoms with E-state index < -0.39 is 5.60 Å². The molecule has 0 amide bonds. The Labute approximate surface area is 84.4 Å². The summed E-state index contributed by atoms with van der Waals surface area (Å²) >= 11 is 0. The first-order valence-electron chi connectivity index (χ1n) is 4.62. The summed E-state index contributed by atoms with van der Waals surface area (Å²) in [5, 5.41) is 0. The van der Waals surface area contributed by atoms with Gasteiger partial charge in [0.25, 0.3) is 0 Å². The van der Waals surface area contributed by atoms with Gasteiger partial charge >= 0.3 is 5.97 Å². The maximum Gasteiger partial charge on any atom is 0.333 e. The van der Waals surface area contributed by atoms with Crippen LogP contribution in [-0.4, -0.2) is 18.2 Å². The molecule has 0 saturated carbocycles. The van der Waals surface area contributed by atoms with E-state index >= 15 is 0 Å². The van der Waals surface area contributed by atoms with Gasteiger partial charge < -0.3 is 9.47 Å². The van der Waals surface area contributed by atoms with Crippen molar-refractivity contribution in [1.82, 2.24) is 0 Å². The molecule has 0 bridgehead atoms. The van der Waals surface area contributed by atoms with E-state index in [1.807, 2.05) is 6.92 Å². The van der Waals surface area contributed by atoms with Crippen LogP contribution >= 0.6 is 0 Å². The van der Waals surface area contributed by atoms with E-state index in [-0.39, 0.29) is 5.97 Å². The molecule has 1 atom stereocenters. The largest absolute Gasteiger partial charge is 0.498 e. The van der Waals surface area contributed by atoms with Crippen LogP contribution in [0.5, 0.6) is 0 Å². The van der Waals surface area contributed by atoms with E-state index in [4.69, 9.17) is 9.47 Å². The predicted octanol–water partition coefficient (Wildman–Crippen LogP) is 2.19. The fourth-order valence-corrected chi connectivity index (χ4v) is 1.37. The Hall–Kier alpha value is -1.25. The monoisotopic (exact) mass is 196 g/mol. The van der Waals surface area contributed by atoms with Crippen molar-refractivity contribution in [3.63, 3.8) is 0 Å². The summed E-state index contributed by atoms with van der Waals surface area (Å²) in [5.41, 5.74) is -0.0610. The van der Waals surface area contributed by atoms with Gasteiger partial charge in [0, 0.05) is 18.4 Å². The predicted molar refractivity (Wildman–Crippen MR) is 53.6 cm³/mol. The lowest BCUT2D eigenvalue weighted by Gasteiger charge is -2.34. The quantitative estimate of drug-likeness (QED) is 0.501. The van der Waals surface area contributed by atoms with Crippen LogP contribution in [0.15, 0.2) is 24.5 Å². The summed E-state index contributed by atoms with van der Waals surface area (Å²) in [4.78, 5) is 11.3. The van der Waals surface area contributed by atoms with Crippen molar-refractivity contribution >= 4 is 5.97 Å². The lowest BCUT2D eigenvalue weighted by molar-refractivity contribution is -0.158. The Morgan fingerprint density at radius 3 is 2.79 bits per heavy atom. The molecule has 1 unspecified atom stereocenters. The van der Waals surface area contributed by atoms with Crippen molar-refractivity contribution in [1.29, 1.82) is 0 Å². The molecule has 1 rings (SSSR count). The molecule has 0 spiro atoms. The third-order valence-corrected chi connectivity index (χ3v) is 2.20. The molecule has 0 aromatic carbocycles. The van der Waals surface area contributed by atoms with Crippen LogP contribution in [0.3, 0.4) is 0 Å². The molecular weight excluding hydrogens is 180 g/mol. The van der Waals surface area contributed by atoms with Crippen molar-refractivity contribution in [2.75, 3.05) is 6.61 Å². The topological polar surface area (TPSA) is 35.5 Å². The number of ether oxygens (including phenoxy) is 2. The van der Waals surface area contributed by atoms with E-state index in [1.54, 1.807) is 6.92 Å². The van der Waals surface area contributed by atoms with Crippen LogP contribution in [0, 0.1) is 0 Å². The van der Waals surface area contributed by atoms with Crippen LogP contribution in [-0.2, 0) is 14.3 Å². The SMILES string of the molecule is C=C1CC(C)(OC(=O)C(=C)C)CCO1. The Kier molecular flexibility index (Phi) is 2.99. The minimum atomic E-state index is -0.481. The lowest BCUT2D eigenvalue weighted by atomic mass is 9.95. The van der Waals surface area contributed by atoms with Crippen LogP contribution in [0.4, 0.5) is 0 Å². The highest BCUT2D eigenvalue weighted by molar-refractivity contribution is 5.87. The summed E-state index contributed by atoms with van der Waals surface area (Å²) in [6.45, 7) is 11.4. The van der Waals surface area contributed by atoms with Gasteiger partial charge in [-0.05, 0) is 13.8 Å². The molecule has 1 saturated heterocycles. The number of hydrogen-bond acceptors (Lipinski definition) is 3. The molecule has 14 heavy (non-hydrogen) atoms. The molecular formula is C11H16O3. The molecule has 1 heterocycles. The standard InChI is InChI=1S/C11H16O3/c1-8(2)10(12)14-11(4)5-6-13-9(3)7-11/h1,3,5-7H2,2,4H3. The molecule has 3 nitrogen and oxygen atoms in total. The second-order valence-corrected chi connectivity index (χ2v) is 3.93. The summed E-state index contributed by atoms with van der Waals surface area (Å²) in [5.74, 6) is 0.329. The number of carbonyl (C=O) groups excluding carboxylic acids is 1. The molecule has 1 aliphatic rings. The first kappa shape index (κ1) is 10.8. The fourth-order valence-electron chi connectivity index (χ4n) is 1.37. The van der Waals surface area contributed by atoms with Gasteiger partial charge in [-0.25, -0.2) is 4.79 Å². The molecule has 0 aromatic heterocycles. The van der Waals surface area contributed by atoms with E-state index in [0.717, 1.165) is 0 Å². The van der Waals surface area contributed by atoms with Gasteiger partial charge in [0.15, 0.2) is 0 Å². The smallest absolute Gasteiger partial charge is 0.333 e. The fraction of sp³-hybridized carbons (Fsp3) is 0.545. The maximum absolute atomic E-state index is 11.3. The summed E-state index contributed by atoms with van der Waals surface area (Å²) in [7, 11) is 0. The van der Waals surface area contributed by atoms with Gasteiger partial charge in [-0.1, -0.05) is 13.2 Å². The average Bonchev–Trinajstić information content (AvgIpc) is 2.02. The minimum Gasteiger partial charge on any atom is -0.498 e. The second kappa shape index (κ2) is 3.86. The molecule has 1 aliphatic heterocycles. The van der Waals surface area contributed by atoms with Crippen LogP contribution < -0.4 is 0 Å². The maximum atomic E-state index is 11.3. The van der Waals surface area contributed by atoms with Gasteiger partial charge in [0.1, 0.15) is 5.60 Å². The number of esters is 1. The van der Waals surface area contributed by atoms with E-state index in [2.05, 4.69) is 13.2 Å². The average molecular weight is 196 g/mol. The van der Waals surface area contributed by atoms with E-state index in [0.29, 0.717) is 30.8 Å². The first-order valence-corrected chi connectivity index (χ1v) is 4.62. The molecule has 0 N–H and O–H groups in total. The highest BCUT2D eigenvalue weighted by Gasteiger charge is 2.33. The summed E-state index contributed by atoms with van der Waals surface area (Å²) < 4.78 is 10.5. The van der Waals surface area contributed by atoms with Crippen molar-refractivity contribution in [2.24, 2.45) is 0 Å². The third kappa shape index (κ3) is 2.62. The minimum absolute atomic E-state index is 0.345. The van der Waals surface area contributed by atoms with Crippen LogP contribution in [0.1, 0.15) is 26.7 Å². The molecule has 78 valence electrons. The van der Waals surface area contributed by atoms with Gasteiger partial charge in [-0.15, -0.1) is 0 Å². The van der Waals surface area contributed by atoms with Crippen LogP contribution in [0.25, 0.3) is 0 Å². The highest BCUT2D eigenvalue weighted by atomic mass is 16.6. The molecule has 1 fully saturated rings. The van der Waals surface area contributed by atoms with Crippen molar-refractivity contribution in [3.05, 3.63) is 24.5 Å². The van der Waals surface area contributed by atoms with Crippen molar-refractivity contribution in [2.45, 2.75) is 32.3 Å². The molecule has 3 heteroatoms. The molecule has 0 aromatic rings. The number of carbonyl (C=O) groups is 1. The third-order valence-electron chi connectivity index (χ3n) is 2.20. The molecule has 0 radical (unpaired) electrons. The summed E-state index contributed by atoms with van der Waals surface area (Å²) in [6, 6.07) is 0. The van der Waals surface area contributed by atoms with Gasteiger partial charge in [0.2, 0.25) is 0 Å². The Morgan fingerprint density at radius 1 is 1.64 bits per heavy atom. The zero-order valence-corrected chi connectivity index (χ0v) is 8.76. The Balaban J connectivity index is 2.61. The zero-order valence-electron chi connectivity index (χ0n) is 8.76. The van der Waals surface area contributed by atoms with Gasteiger partial charge in [-0.2, -0.15) is 0 Å². The van der Waals surface area contributed by atoms with Gasteiger partial charge in [0.05, 0.1) is 12.4 Å². The lowest BCUT2D eigenvalue weighted by Crippen LogP contribution is -2.37. The Morgan fingerprint density at radius 2 is 2.29 bits per heavy atom. The van der Waals surface area contributed by atoms with Crippen molar-refractivity contribution < 1.29 is 14.3 Å². The molecule has 0 aliphatic carbocycles. The number of rotatable bonds is 2. The van der Waals surface area contributed by atoms with Crippen molar-refractivity contribution in [3.8, 4) is 0 Å².